The summed E-state index contributed by atoms with van der Waals surface area (Å²) in [6, 6.07) is 4.58. The molecule has 19 heavy (non-hydrogen) atoms. The molecule has 4 nitrogen and oxygen atoms in total. The Labute approximate surface area is 112 Å². The number of carbonyl (C=O) groups excluding carboxylic acids is 1. The van der Waals surface area contributed by atoms with E-state index < -0.39 is 11.7 Å². The van der Waals surface area contributed by atoms with Crippen LogP contribution in [0.5, 0.6) is 0 Å². The van der Waals surface area contributed by atoms with Crippen LogP contribution in [0.2, 0.25) is 0 Å². The summed E-state index contributed by atoms with van der Waals surface area (Å²) in [7, 11) is 0. The number of carbonyl (C=O) groups is 1. The van der Waals surface area contributed by atoms with Crippen molar-refractivity contribution in [2.45, 2.75) is 25.8 Å². The summed E-state index contributed by atoms with van der Waals surface area (Å²) in [5, 5.41) is 0. The first-order valence-electron chi connectivity index (χ1n) is 6.62. The molecule has 5 heteroatoms. The minimum Gasteiger partial charge on any atom is -0.369 e. The number of nitrogens with zero attached hydrogens (tertiary/aromatic N) is 1. The van der Waals surface area contributed by atoms with Crippen LogP contribution in [0.15, 0.2) is 18.2 Å². The lowest BCUT2D eigenvalue weighted by atomic mass is 9.90. The average molecular weight is 265 g/mol. The Kier molecular flexibility index (Phi) is 4.04. The third-order valence-corrected chi connectivity index (χ3v) is 3.89. The molecule has 1 aliphatic heterocycles. The summed E-state index contributed by atoms with van der Waals surface area (Å²) in [6.45, 7) is 3.59. The predicted octanol–water partition coefficient (Wildman–Crippen LogP) is 1.49. The van der Waals surface area contributed by atoms with Crippen molar-refractivity contribution < 1.29 is 9.18 Å². The Hall–Kier alpha value is -1.62. The Bertz CT molecular complexity index is 478. The number of rotatable bonds is 3. The molecule has 0 bridgehead atoms. The van der Waals surface area contributed by atoms with E-state index in [9.17, 15) is 9.18 Å². The van der Waals surface area contributed by atoms with E-state index in [1.54, 1.807) is 12.1 Å². The summed E-state index contributed by atoms with van der Waals surface area (Å²) >= 11 is 0. The quantitative estimate of drug-likeness (QED) is 0.869. The Balaban J connectivity index is 2.20. The van der Waals surface area contributed by atoms with Crippen molar-refractivity contribution in [3.8, 4) is 0 Å². The Morgan fingerprint density at radius 1 is 1.53 bits per heavy atom. The number of hydrogen-bond donors (Lipinski definition) is 2. The van der Waals surface area contributed by atoms with E-state index >= 15 is 0 Å². The summed E-state index contributed by atoms with van der Waals surface area (Å²) in [5.74, 6) is -0.636. The first-order valence-corrected chi connectivity index (χ1v) is 6.62. The molecule has 2 rings (SSSR count). The van der Waals surface area contributed by atoms with Crippen LogP contribution in [0, 0.1) is 11.7 Å². The lowest BCUT2D eigenvalue weighted by Crippen LogP contribution is -2.47. The maximum Gasteiger partial charge on any atom is 0.248 e. The van der Waals surface area contributed by atoms with Crippen LogP contribution in [0.25, 0.3) is 0 Å². The normalized spacial score (nSPS) is 23.4. The first-order chi connectivity index (χ1) is 9.02. The van der Waals surface area contributed by atoms with Crippen LogP contribution in [-0.2, 0) is 0 Å². The zero-order valence-electron chi connectivity index (χ0n) is 11.1. The molecule has 2 unspecified atom stereocenters. The number of amides is 1. The molecular weight excluding hydrogens is 245 g/mol. The second-order valence-corrected chi connectivity index (χ2v) is 5.10. The van der Waals surface area contributed by atoms with Gasteiger partial charge in [0.05, 0.1) is 5.69 Å². The number of piperidine rings is 1. The van der Waals surface area contributed by atoms with E-state index in [1.165, 1.54) is 6.07 Å². The largest absolute Gasteiger partial charge is 0.369 e. The monoisotopic (exact) mass is 265 g/mol. The summed E-state index contributed by atoms with van der Waals surface area (Å²) in [6.07, 6.45) is 1.84. The van der Waals surface area contributed by atoms with Gasteiger partial charge in [0.25, 0.3) is 0 Å². The van der Waals surface area contributed by atoms with Gasteiger partial charge in [-0.2, -0.15) is 0 Å². The summed E-state index contributed by atoms with van der Waals surface area (Å²) < 4.78 is 14.0. The molecule has 0 radical (unpaired) electrons. The third kappa shape index (κ3) is 2.87. The highest BCUT2D eigenvalue weighted by Gasteiger charge is 2.26. The molecule has 0 aliphatic carbocycles. The zero-order chi connectivity index (χ0) is 14.0. The van der Waals surface area contributed by atoms with Gasteiger partial charge < -0.3 is 16.4 Å². The van der Waals surface area contributed by atoms with Gasteiger partial charge in [0, 0.05) is 24.7 Å². The van der Waals surface area contributed by atoms with Gasteiger partial charge in [0.1, 0.15) is 5.82 Å². The van der Waals surface area contributed by atoms with E-state index in [-0.39, 0.29) is 11.6 Å². The van der Waals surface area contributed by atoms with Crippen molar-refractivity contribution in [2.75, 3.05) is 18.0 Å². The molecule has 4 N–H and O–H groups in total. The molecule has 1 aromatic rings. The lowest BCUT2D eigenvalue weighted by molar-refractivity contribution is 0.1000. The van der Waals surface area contributed by atoms with Gasteiger partial charge in [-0.15, -0.1) is 0 Å². The first kappa shape index (κ1) is 13.8. The van der Waals surface area contributed by atoms with Crippen molar-refractivity contribution in [3.63, 3.8) is 0 Å². The molecule has 0 saturated carbocycles. The van der Waals surface area contributed by atoms with Gasteiger partial charge in [-0.1, -0.05) is 13.3 Å². The van der Waals surface area contributed by atoms with Gasteiger partial charge >= 0.3 is 0 Å². The maximum atomic E-state index is 14.0. The molecule has 0 spiro atoms. The summed E-state index contributed by atoms with van der Waals surface area (Å²) in [5.41, 5.74) is 11.9. The molecule has 1 amide bonds. The number of halogens is 1. The topological polar surface area (TPSA) is 72.3 Å². The minimum absolute atomic E-state index is 0.189. The SMILES string of the molecule is CCC1CN(c2ccc(C(N)=O)cc2F)CCC1N. The molecule has 2 atom stereocenters. The second-order valence-electron chi connectivity index (χ2n) is 5.10. The molecule has 1 aromatic carbocycles. The molecule has 1 fully saturated rings. The second kappa shape index (κ2) is 5.57. The Morgan fingerprint density at radius 2 is 2.26 bits per heavy atom. The van der Waals surface area contributed by atoms with Crippen molar-refractivity contribution in [1.29, 1.82) is 0 Å². The molecule has 1 saturated heterocycles. The number of benzene rings is 1. The standard InChI is InChI=1S/C14H20FN3O/c1-2-9-8-18(6-5-12(9)16)13-4-3-10(14(17)19)7-11(13)15/h3-4,7,9,12H,2,5-6,8,16H2,1H3,(H2,17,19). The summed E-state index contributed by atoms with van der Waals surface area (Å²) in [4.78, 5) is 13.0. The van der Waals surface area contributed by atoms with Crippen LogP contribution in [-0.4, -0.2) is 25.0 Å². The van der Waals surface area contributed by atoms with Gasteiger partial charge in [0.15, 0.2) is 0 Å². The van der Waals surface area contributed by atoms with E-state index in [4.69, 9.17) is 11.5 Å². The highest BCUT2D eigenvalue weighted by Crippen LogP contribution is 2.27. The fourth-order valence-electron chi connectivity index (χ4n) is 2.62. The minimum atomic E-state index is -0.613. The van der Waals surface area contributed by atoms with Crippen molar-refractivity contribution >= 4 is 11.6 Å². The van der Waals surface area contributed by atoms with Crippen LogP contribution in [0.1, 0.15) is 30.1 Å². The van der Waals surface area contributed by atoms with Gasteiger partial charge in [-0.3, -0.25) is 4.79 Å². The fraction of sp³-hybridized carbons (Fsp3) is 0.500. The Morgan fingerprint density at radius 3 is 2.84 bits per heavy atom. The van der Waals surface area contributed by atoms with Crippen molar-refractivity contribution in [3.05, 3.63) is 29.6 Å². The molecule has 0 aromatic heterocycles. The number of primary amides is 1. The van der Waals surface area contributed by atoms with Crippen LogP contribution < -0.4 is 16.4 Å². The zero-order valence-corrected chi connectivity index (χ0v) is 11.1. The molecule has 1 heterocycles. The van der Waals surface area contributed by atoms with Gasteiger partial charge in [-0.05, 0) is 30.5 Å². The maximum absolute atomic E-state index is 14.0. The van der Waals surface area contributed by atoms with Crippen LogP contribution >= 0.6 is 0 Å². The predicted molar refractivity (Wildman–Crippen MR) is 73.5 cm³/mol. The van der Waals surface area contributed by atoms with E-state index in [2.05, 4.69) is 6.92 Å². The number of anilines is 1. The van der Waals surface area contributed by atoms with Crippen molar-refractivity contribution in [1.82, 2.24) is 0 Å². The number of nitrogens with two attached hydrogens (primary N) is 2. The third-order valence-electron chi connectivity index (χ3n) is 3.89. The van der Waals surface area contributed by atoms with E-state index in [0.717, 1.165) is 25.9 Å². The molecule has 1 aliphatic rings. The highest BCUT2D eigenvalue weighted by molar-refractivity contribution is 5.93. The van der Waals surface area contributed by atoms with Crippen LogP contribution in [0.3, 0.4) is 0 Å². The van der Waals surface area contributed by atoms with E-state index in [1.807, 2.05) is 4.90 Å². The smallest absolute Gasteiger partial charge is 0.248 e. The fourth-order valence-corrected chi connectivity index (χ4v) is 2.62. The van der Waals surface area contributed by atoms with Gasteiger partial charge in [-0.25, -0.2) is 4.39 Å². The number of hydrogen-bond acceptors (Lipinski definition) is 3. The molecular formula is C14H20FN3O. The van der Waals surface area contributed by atoms with Crippen molar-refractivity contribution in [2.24, 2.45) is 17.4 Å². The van der Waals surface area contributed by atoms with Gasteiger partial charge in [0.2, 0.25) is 5.91 Å². The highest BCUT2D eigenvalue weighted by atomic mass is 19.1. The molecule has 104 valence electrons. The average Bonchev–Trinajstić information content (AvgIpc) is 2.39. The van der Waals surface area contributed by atoms with E-state index in [0.29, 0.717) is 11.6 Å². The van der Waals surface area contributed by atoms with Crippen LogP contribution in [0.4, 0.5) is 10.1 Å². The lowest BCUT2D eigenvalue weighted by Gasteiger charge is -2.38.